The van der Waals surface area contributed by atoms with E-state index in [2.05, 4.69) is 21.0 Å². The normalized spacial score (nSPS) is 10.8. The fraction of sp³-hybridized carbons (Fsp3) is 0.333. The minimum Gasteiger partial charge on any atom is -0.383 e. The molecular weight excluding hydrogens is 334 g/mol. The molecular formula is C15H18BrN3O2. The molecule has 2 N–H and O–H groups in total. The molecule has 0 spiro atoms. The first-order valence-corrected chi connectivity index (χ1v) is 7.51. The van der Waals surface area contributed by atoms with Gasteiger partial charge in [0.2, 0.25) is 5.78 Å². The highest BCUT2D eigenvalue weighted by atomic mass is 79.9. The summed E-state index contributed by atoms with van der Waals surface area (Å²) in [4.78, 5) is 12.8. The smallest absolute Gasteiger partial charge is 0.212 e. The van der Waals surface area contributed by atoms with E-state index >= 15 is 0 Å². The number of carbonyl (C=O) groups is 1. The van der Waals surface area contributed by atoms with E-state index in [9.17, 15) is 4.79 Å². The summed E-state index contributed by atoms with van der Waals surface area (Å²) in [5.41, 5.74) is 7.78. The Hall–Kier alpha value is -1.50. The Morgan fingerprint density at radius 1 is 1.43 bits per heavy atom. The highest BCUT2D eigenvalue weighted by molar-refractivity contribution is 9.10. The van der Waals surface area contributed by atoms with Crippen LogP contribution in [0.15, 0.2) is 34.9 Å². The number of ether oxygens (including phenoxy) is 1. The molecule has 0 fully saturated rings. The zero-order chi connectivity index (χ0) is 15.2. The standard InChI is InChI=1S/C15H18BrN3O2/c1-21-9-8-19-14(13(16)10-18-19)15(20)12-5-3-2-4-11(12)6-7-17/h2-5,10H,6-9,17H2,1H3. The van der Waals surface area contributed by atoms with Gasteiger partial charge in [-0.05, 0) is 34.5 Å². The predicted molar refractivity (Wildman–Crippen MR) is 84.4 cm³/mol. The lowest BCUT2D eigenvalue weighted by Crippen LogP contribution is -2.16. The third-order valence-electron chi connectivity index (χ3n) is 3.19. The van der Waals surface area contributed by atoms with Gasteiger partial charge in [0, 0.05) is 12.7 Å². The Morgan fingerprint density at radius 2 is 2.19 bits per heavy atom. The number of nitrogens with zero attached hydrogens (tertiary/aromatic N) is 2. The van der Waals surface area contributed by atoms with Gasteiger partial charge in [0.15, 0.2) is 0 Å². The Kier molecular flexibility index (Phi) is 5.67. The van der Waals surface area contributed by atoms with Gasteiger partial charge in [-0.25, -0.2) is 0 Å². The lowest BCUT2D eigenvalue weighted by molar-refractivity contribution is 0.102. The van der Waals surface area contributed by atoms with Gasteiger partial charge in [0.05, 0.1) is 23.8 Å². The van der Waals surface area contributed by atoms with E-state index in [1.54, 1.807) is 18.0 Å². The maximum Gasteiger partial charge on any atom is 0.212 e. The maximum absolute atomic E-state index is 12.8. The second-order valence-electron chi connectivity index (χ2n) is 4.58. The first kappa shape index (κ1) is 15.9. The summed E-state index contributed by atoms with van der Waals surface area (Å²) < 4.78 is 7.40. The number of hydrogen-bond donors (Lipinski definition) is 1. The highest BCUT2D eigenvalue weighted by Gasteiger charge is 2.20. The topological polar surface area (TPSA) is 70.1 Å². The third kappa shape index (κ3) is 3.58. The number of hydrogen-bond acceptors (Lipinski definition) is 4. The number of methoxy groups -OCH3 is 1. The van der Waals surface area contributed by atoms with Crippen molar-refractivity contribution >= 4 is 21.7 Å². The molecule has 0 amide bonds. The van der Waals surface area contributed by atoms with Crippen LogP contribution in [0.3, 0.4) is 0 Å². The largest absolute Gasteiger partial charge is 0.383 e. The molecule has 0 bridgehead atoms. The molecule has 0 unspecified atom stereocenters. The van der Waals surface area contributed by atoms with Crippen LogP contribution in [-0.2, 0) is 17.7 Å². The molecule has 112 valence electrons. The van der Waals surface area contributed by atoms with Gasteiger partial charge in [-0.1, -0.05) is 24.3 Å². The Labute approximate surface area is 132 Å². The van der Waals surface area contributed by atoms with Crippen LogP contribution in [0.5, 0.6) is 0 Å². The van der Waals surface area contributed by atoms with Crippen molar-refractivity contribution in [3.8, 4) is 0 Å². The molecule has 0 radical (unpaired) electrons. The van der Waals surface area contributed by atoms with Gasteiger partial charge >= 0.3 is 0 Å². The Bertz CT molecular complexity index is 625. The predicted octanol–water partition coefficient (Wildman–Crippen LogP) is 2.02. The van der Waals surface area contributed by atoms with Crippen molar-refractivity contribution in [1.82, 2.24) is 9.78 Å². The molecule has 5 nitrogen and oxygen atoms in total. The van der Waals surface area contributed by atoms with Crippen molar-refractivity contribution in [2.75, 3.05) is 20.3 Å². The van der Waals surface area contributed by atoms with Crippen molar-refractivity contribution in [3.05, 3.63) is 51.8 Å². The average molecular weight is 352 g/mol. The fourth-order valence-corrected chi connectivity index (χ4v) is 2.65. The van der Waals surface area contributed by atoms with Gasteiger partial charge in [-0.15, -0.1) is 0 Å². The number of nitrogens with two attached hydrogens (primary N) is 1. The van der Waals surface area contributed by atoms with Crippen molar-refractivity contribution < 1.29 is 9.53 Å². The number of benzene rings is 1. The summed E-state index contributed by atoms with van der Waals surface area (Å²) in [5.74, 6) is -0.0560. The van der Waals surface area contributed by atoms with Crippen LogP contribution < -0.4 is 5.73 Å². The second-order valence-corrected chi connectivity index (χ2v) is 5.44. The summed E-state index contributed by atoms with van der Waals surface area (Å²) in [5, 5.41) is 4.22. The molecule has 1 aromatic carbocycles. The van der Waals surface area contributed by atoms with E-state index < -0.39 is 0 Å². The third-order valence-corrected chi connectivity index (χ3v) is 3.77. The number of carbonyl (C=O) groups excluding carboxylic acids is 1. The number of ketones is 1. The molecule has 2 aromatic rings. The molecule has 0 saturated carbocycles. The van der Waals surface area contributed by atoms with Crippen molar-refractivity contribution in [2.45, 2.75) is 13.0 Å². The molecule has 21 heavy (non-hydrogen) atoms. The molecule has 0 saturated heterocycles. The first-order chi connectivity index (χ1) is 10.2. The van der Waals surface area contributed by atoms with Crippen LogP contribution in [0.2, 0.25) is 0 Å². The SMILES string of the molecule is COCCn1ncc(Br)c1C(=O)c1ccccc1CCN. The van der Waals surface area contributed by atoms with Crippen LogP contribution in [0, 0.1) is 0 Å². The summed E-state index contributed by atoms with van der Waals surface area (Å²) in [7, 11) is 1.62. The second kappa shape index (κ2) is 7.49. The molecule has 0 aliphatic heterocycles. The molecule has 6 heteroatoms. The maximum atomic E-state index is 12.8. The highest BCUT2D eigenvalue weighted by Crippen LogP contribution is 2.22. The Balaban J connectivity index is 2.38. The summed E-state index contributed by atoms with van der Waals surface area (Å²) in [6.45, 7) is 1.54. The molecule has 0 aliphatic carbocycles. The number of aromatic nitrogens is 2. The molecule has 2 rings (SSSR count). The Morgan fingerprint density at radius 3 is 2.90 bits per heavy atom. The first-order valence-electron chi connectivity index (χ1n) is 6.72. The van der Waals surface area contributed by atoms with Gasteiger partial charge in [0.1, 0.15) is 5.69 Å². The number of halogens is 1. The van der Waals surface area contributed by atoms with Crippen LogP contribution in [0.25, 0.3) is 0 Å². The van der Waals surface area contributed by atoms with E-state index in [0.717, 1.165) is 5.56 Å². The monoisotopic (exact) mass is 351 g/mol. The quantitative estimate of drug-likeness (QED) is 0.774. The van der Waals surface area contributed by atoms with Crippen LogP contribution >= 0.6 is 15.9 Å². The van der Waals surface area contributed by atoms with Crippen LogP contribution in [0.1, 0.15) is 21.6 Å². The molecule has 0 atom stereocenters. The van der Waals surface area contributed by atoms with Gasteiger partial charge < -0.3 is 10.5 Å². The van der Waals surface area contributed by atoms with E-state index in [1.807, 2.05) is 24.3 Å². The van der Waals surface area contributed by atoms with E-state index in [1.165, 1.54) is 0 Å². The van der Waals surface area contributed by atoms with E-state index in [-0.39, 0.29) is 5.78 Å². The van der Waals surface area contributed by atoms with Crippen molar-refractivity contribution in [3.63, 3.8) is 0 Å². The molecule has 1 aromatic heterocycles. The van der Waals surface area contributed by atoms with Gasteiger partial charge in [-0.2, -0.15) is 5.10 Å². The van der Waals surface area contributed by atoms with Crippen LogP contribution in [0.4, 0.5) is 0 Å². The lowest BCUT2D eigenvalue weighted by Gasteiger charge is -2.10. The van der Waals surface area contributed by atoms with E-state index in [4.69, 9.17) is 10.5 Å². The zero-order valence-corrected chi connectivity index (χ0v) is 13.5. The average Bonchev–Trinajstić information content (AvgIpc) is 2.86. The van der Waals surface area contributed by atoms with Gasteiger partial charge in [0.25, 0.3) is 0 Å². The molecule has 1 heterocycles. The van der Waals surface area contributed by atoms with Crippen molar-refractivity contribution in [1.29, 1.82) is 0 Å². The molecule has 0 aliphatic rings. The van der Waals surface area contributed by atoms with Crippen molar-refractivity contribution in [2.24, 2.45) is 5.73 Å². The zero-order valence-electron chi connectivity index (χ0n) is 11.9. The number of rotatable bonds is 7. The van der Waals surface area contributed by atoms with Gasteiger partial charge in [-0.3, -0.25) is 9.48 Å². The van der Waals surface area contributed by atoms with E-state index in [0.29, 0.717) is 41.8 Å². The fourth-order valence-electron chi connectivity index (χ4n) is 2.18. The summed E-state index contributed by atoms with van der Waals surface area (Å²) >= 11 is 3.40. The minimum atomic E-state index is -0.0560. The summed E-state index contributed by atoms with van der Waals surface area (Å²) in [6.07, 6.45) is 2.31. The summed E-state index contributed by atoms with van der Waals surface area (Å²) in [6, 6.07) is 7.54. The minimum absolute atomic E-state index is 0.0560. The lowest BCUT2D eigenvalue weighted by atomic mass is 9.99. The van der Waals surface area contributed by atoms with Crippen LogP contribution in [-0.4, -0.2) is 35.8 Å².